The first-order chi connectivity index (χ1) is 15.5. The molecule has 3 heterocycles. The van der Waals surface area contributed by atoms with Gasteiger partial charge in [-0.3, -0.25) is 9.59 Å². The largest absolute Gasteiger partial charge is 0.348 e. The molecule has 166 valence electrons. The van der Waals surface area contributed by atoms with Gasteiger partial charge in [0.1, 0.15) is 0 Å². The zero-order valence-electron chi connectivity index (χ0n) is 18.5. The van der Waals surface area contributed by atoms with Crippen LogP contribution in [0.15, 0.2) is 41.8 Å². The molecule has 1 N–H and O–H groups in total. The first-order valence-corrected chi connectivity index (χ1v) is 12.1. The minimum atomic E-state index is -0.279. The summed E-state index contributed by atoms with van der Waals surface area (Å²) in [7, 11) is 0. The Morgan fingerprint density at radius 1 is 1.22 bits per heavy atom. The van der Waals surface area contributed by atoms with E-state index in [2.05, 4.69) is 59.0 Å². The third-order valence-electron chi connectivity index (χ3n) is 6.57. The summed E-state index contributed by atoms with van der Waals surface area (Å²) in [5.41, 5.74) is 5.69. The van der Waals surface area contributed by atoms with Gasteiger partial charge in [0.15, 0.2) is 5.13 Å². The van der Waals surface area contributed by atoms with Gasteiger partial charge in [-0.15, -0.1) is 11.3 Å². The number of nitrogens with zero attached hydrogens (tertiary/aromatic N) is 3. The van der Waals surface area contributed by atoms with Crippen LogP contribution in [-0.2, 0) is 22.6 Å². The van der Waals surface area contributed by atoms with Crippen molar-refractivity contribution in [2.75, 3.05) is 11.9 Å². The molecule has 7 heteroatoms. The molecule has 6 nitrogen and oxygen atoms in total. The number of hydrogen-bond donors (Lipinski definition) is 1. The van der Waals surface area contributed by atoms with Crippen LogP contribution in [0.4, 0.5) is 5.13 Å². The lowest BCUT2D eigenvalue weighted by molar-refractivity contribution is -0.128. The van der Waals surface area contributed by atoms with E-state index in [0.717, 1.165) is 37.1 Å². The van der Waals surface area contributed by atoms with E-state index in [9.17, 15) is 9.59 Å². The molecular formula is C25H28N4O2S. The van der Waals surface area contributed by atoms with Gasteiger partial charge in [0.25, 0.3) is 0 Å². The van der Waals surface area contributed by atoms with Crippen molar-refractivity contribution in [1.29, 1.82) is 0 Å². The minimum absolute atomic E-state index is 0.101. The number of nitrogens with one attached hydrogen (secondary N) is 1. The third-order valence-corrected chi connectivity index (χ3v) is 7.33. The van der Waals surface area contributed by atoms with Crippen LogP contribution in [0.5, 0.6) is 0 Å². The van der Waals surface area contributed by atoms with Crippen molar-refractivity contribution in [2.24, 2.45) is 5.92 Å². The van der Waals surface area contributed by atoms with Crippen LogP contribution in [-0.4, -0.2) is 38.9 Å². The smallest absolute Gasteiger partial charge is 0.231 e. The molecule has 1 saturated heterocycles. The topological polar surface area (TPSA) is 67.2 Å². The lowest BCUT2D eigenvalue weighted by Gasteiger charge is -2.14. The Morgan fingerprint density at radius 3 is 2.75 bits per heavy atom. The molecule has 0 radical (unpaired) electrons. The second-order valence-corrected chi connectivity index (χ2v) is 9.74. The van der Waals surface area contributed by atoms with Crippen LogP contribution in [0.2, 0.25) is 0 Å². The lowest BCUT2D eigenvalue weighted by Crippen LogP contribution is -2.29. The molecule has 0 spiro atoms. The SMILES string of the molecule is Cc1cc(-c2csc(NC(=O)C3CC(=O)N(C4CC4)C3)n2)c(C)n1CCc1ccccc1. The molecule has 1 unspecified atom stereocenters. The van der Waals surface area contributed by atoms with E-state index >= 15 is 0 Å². The summed E-state index contributed by atoms with van der Waals surface area (Å²) in [5, 5.41) is 5.53. The predicted molar refractivity (Wildman–Crippen MR) is 127 cm³/mol. The van der Waals surface area contributed by atoms with Crippen molar-refractivity contribution >= 4 is 28.3 Å². The van der Waals surface area contributed by atoms with E-state index in [1.165, 1.54) is 28.3 Å². The first kappa shape index (κ1) is 20.9. The van der Waals surface area contributed by atoms with Crippen molar-refractivity contribution in [1.82, 2.24) is 14.5 Å². The highest BCUT2D eigenvalue weighted by atomic mass is 32.1. The quantitative estimate of drug-likeness (QED) is 0.582. The van der Waals surface area contributed by atoms with Gasteiger partial charge in [-0.1, -0.05) is 30.3 Å². The molecule has 0 bridgehead atoms. The monoisotopic (exact) mass is 448 g/mol. The third kappa shape index (κ3) is 4.21. The molecule has 1 aromatic carbocycles. The fraction of sp³-hybridized carbons (Fsp3) is 0.400. The molecule has 1 aliphatic carbocycles. The van der Waals surface area contributed by atoms with Crippen LogP contribution >= 0.6 is 11.3 Å². The zero-order valence-corrected chi connectivity index (χ0v) is 19.3. The summed E-state index contributed by atoms with van der Waals surface area (Å²) in [6, 6.07) is 13.0. The maximum atomic E-state index is 12.7. The van der Waals surface area contributed by atoms with Gasteiger partial charge in [0.2, 0.25) is 11.8 Å². The highest BCUT2D eigenvalue weighted by Gasteiger charge is 2.41. The Kier molecular flexibility index (Phi) is 5.59. The Hall–Kier alpha value is -2.93. The molecule has 2 aromatic heterocycles. The average Bonchev–Trinajstić information content (AvgIpc) is 3.29. The second-order valence-electron chi connectivity index (χ2n) is 8.88. The number of likely N-dealkylation sites (tertiary alicyclic amines) is 1. The van der Waals surface area contributed by atoms with Crippen molar-refractivity contribution in [3.63, 3.8) is 0 Å². The number of aryl methyl sites for hydroxylation is 2. The molecular weight excluding hydrogens is 420 g/mol. The molecule has 1 saturated carbocycles. The number of carbonyl (C=O) groups is 2. The standard InChI is InChI=1S/C25H28N4O2S/c1-16-12-21(17(2)28(16)11-10-18-6-4-3-5-7-18)22-15-32-25(26-22)27-24(31)19-13-23(30)29(14-19)20-8-9-20/h3-7,12,15,19-20H,8-11,13-14H2,1-2H3,(H,26,27,31). The summed E-state index contributed by atoms with van der Waals surface area (Å²) < 4.78 is 2.33. The van der Waals surface area contributed by atoms with Gasteiger partial charge in [-0.05, 0) is 44.7 Å². The molecule has 2 fully saturated rings. The Balaban J connectivity index is 1.25. The van der Waals surface area contributed by atoms with Crippen LogP contribution in [0.25, 0.3) is 11.3 Å². The molecule has 2 aliphatic rings. The summed E-state index contributed by atoms with van der Waals surface area (Å²) in [4.78, 5) is 31.4. The van der Waals surface area contributed by atoms with E-state index in [1.807, 2.05) is 16.3 Å². The minimum Gasteiger partial charge on any atom is -0.348 e. The average molecular weight is 449 g/mol. The zero-order chi connectivity index (χ0) is 22.2. The summed E-state index contributed by atoms with van der Waals surface area (Å²) >= 11 is 1.43. The number of benzene rings is 1. The molecule has 3 aromatic rings. The maximum absolute atomic E-state index is 12.7. The van der Waals surface area contributed by atoms with Crippen LogP contribution < -0.4 is 5.32 Å². The number of hydrogen-bond acceptors (Lipinski definition) is 4. The number of anilines is 1. The summed E-state index contributed by atoms with van der Waals surface area (Å²) in [6.07, 6.45) is 3.43. The summed E-state index contributed by atoms with van der Waals surface area (Å²) in [6.45, 7) is 5.71. The van der Waals surface area contributed by atoms with Gasteiger partial charge in [-0.2, -0.15) is 0 Å². The number of amides is 2. The number of thiazole rings is 1. The highest BCUT2D eigenvalue weighted by molar-refractivity contribution is 7.14. The fourth-order valence-corrected chi connectivity index (χ4v) is 5.31. The Morgan fingerprint density at radius 2 is 2.00 bits per heavy atom. The van der Waals surface area contributed by atoms with E-state index < -0.39 is 0 Å². The van der Waals surface area contributed by atoms with Crippen molar-refractivity contribution in [3.8, 4) is 11.3 Å². The van der Waals surface area contributed by atoms with Gasteiger partial charge < -0.3 is 14.8 Å². The van der Waals surface area contributed by atoms with Gasteiger partial charge in [0.05, 0.1) is 11.6 Å². The van der Waals surface area contributed by atoms with Crippen LogP contribution in [0, 0.1) is 19.8 Å². The molecule has 5 rings (SSSR count). The number of aromatic nitrogens is 2. The van der Waals surface area contributed by atoms with E-state index in [4.69, 9.17) is 0 Å². The van der Waals surface area contributed by atoms with Crippen LogP contribution in [0.3, 0.4) is 0 Å². The summed E-state index contributed by atoms with van der Waals surface area (Å²) in [5.74, 6) is -0.273. The van der Waals surface area contributed by atoms with E-state index in [-0.39, 0.29) is 17.7 Å². The van der Waals surface area contributed by atoms with Gasteiger partial charge in [0, 0.05) is 47.9 Å². The van der Waals surface area contributed by atoms with E-state index in [1.54, 1.807) is 0 Å². The fourth-order valence-electron chi connectivity index (χ4n) is 4.60. The number of carbonyl (C=O) groups excluding carboxylic acids is 2. The van der Waals surface area contributed by atoms with Gasteiger partial charge >= 0.3 is 0 Å². The normalized spacial score (nSPS) is 18.4. The Labute approximate surface area is 192 Å². The maximum Gasteiger partial charge on any atom is 0.231 e. The predicted octanol–water partition coefficient (Wildman–Crippen LogP) is 4.42. The Bertz CT molecular complexity index is 1150. The number of rotatable bonds is 7. The molecule has 32 heavy (non-hydrogen) atoms. The van der Waals surface area contributed by atoms with Crippen molar-refractivity contribution in [2.45, 2.75) is 52.1 Å². The highest BCUT2D eigenvalue weighted by Crippen LogP contribution is 2.34. The molecule has 1 atom stereocenters. The van der Waals surface area contributed by atoms with Gasteiger partial charge in [-0.25, -0.2) is 4.98 Å². The lowest BCUT2D eigenvalue weighted by atomic mass is 10.1. The van der Waals surface area contributed by atoms with Crippen molar-refractivity contribution in [3.05, 3.63) is 58.7 Å². The van der Waals surface area contributed by atoms with Crippen LogP contribution in [0.1, 0.15) is 36.2 Å². The van der Waals surface area contributed by atoms with E-state index in [0.29, 0.717) is 24.1 Å². The molecule has 1 aliphatic heterocycles. The molecule has 2 amide bonds. The van der Waals surface area contributed by atoms with Crippen molar-refractivity contribution < 1.29 is 9.59 Å². The first-order valence-electron chi connectivity index (χ1n) is 11.3. The second kappa shape index (κ2) is 8.54.